The number of amides is 1. The summed E-state index contributed by atoms with van der Waals surface area (Å²) >= 11 is 0. The molecule has 2 aliphatic rings. The highest BCUT2D eigenvalue weighted by Gasteiger charge is 2.26. The molecule has 0 aromatic heterocycles. The topological polar surface area (TPSA) is 55.4 Å². The molecule has 1 atom stereocenters. The van der Waals surface area contributed by atoms with E-state index >= 15 is 0 Å². The molecule has 0 fully saturated rings. The SMILES string of the molecule is CC1=C(N)C2=CC=NC(=O)C2C=C1. The molecule has 3 heteroatoms. The maximum Gasteiger partial charge on any atom is 0.257 e. The number of rotatable bonds is 0. The van der Waals surface area contributed by atoms with Crippen LogP contribution in [0.1, 0.15) is 6.92 Å². The number of nitrogens with zero attached hydrogens (tertiary/aromatic N) is 1. The van der Waals surface area contributed by atoms with Crippen molar-refractivity contribution in [2.24, 2.45) is 16.6 Å². The second-order valence-corrected chi connectivity index (χ2v) is 3.17. The molecule has 0 bridgehead atoms. The summed E-state index contributed by atoms with van der Waals surface area (Å²) in [5.74, 6) is -0.391. The number of hydrogen-bond acceptors (Lipinski definition) is 2. The maximum absolute atomic E-state index is 11.3. The van der Waals surface area contributed by atoms with E-state index < -0.39 is 0 Å². The van der Waals surface area contributed by atoms with E-state index in [0.717, 1.165) is 11.1 Å². The molecule has 0 radical (unpaired) electrons. The molecule has 13 heavy (non-hydrogen) atoms. The molecule has 0 saturated carbocycles. The van der Waals surface area contributed by atoms with Gasteiger partial charge in [0.05, 0.1) is 5.92 Å². The number of allylic oxidation sites excluding steroid dienone is 4. The van der Waals surface area contributed by atoms with Crippen molar-refractivity contribution in [1.82, 2.24) is 0 Å². The third kappa shape index (κ3) is 1.13. The van der Waals surface area contributed by atoms with Crippen molar-refractivity contribution in [1.29, 1.82) is 0 Å². The Labute approximate surface area is 76.3 Å². The summed E-state index contributed by atoms with van der Waals surface area (Å²) in [6.45, 7) is 1.93. The number of aliphatic imine (C=N–C) groups is 1. The Kier molecular flexibility index (Phi) is 1.65. The van der Waals surface area contributed by atoms with Gasteiger partial charge in [-0.1, -0.05) is 12.2 Å². The highest BCUT2D eigenvalue weighted by atomic mass is 16.1. The normalized spacial score (nSPS) is 26.1. The molecule has 0 spiro atoms. The van der Waals surface area contributed by atoms with Crippen molar-refractivity contribution in [3.63, 3.8) is 0 Å². The smallest absolute Gasteiger partial charge is 0.257 e. The third-order valence-electron chi connectivity index (χ3n) is 2.33. The average molecular weight is 174 g/mol. The second-order valence-electron chi connectivity index (χ2n) is 3.17. The number of fused-ring (bicyclic) bond motifs is 1. The van der Waals surface area contributed by atoms with Crippen LogP contribution in [0.4, 0.5) is 0 Å². The van der Waals surface area contributed by atoms with Crippen molar-refractivity contribution in [2.45, 2.75) is 6.92 Å². The first kappa shape index (κ1) is 7.98. The van der Waals surface area contributed by atoms with Crippen molar-refractivity contribution in [2.75, 3.05) is 0 Å². The lowest BCUT2D eigenvalue weighted by Gasteiger charge is -2.21. The lowest BCUT2D eigenvalue weighted by atomic mass is 9.87. The number of carbonyl (C=O) groups is 1. The minimum Gasteiger partial charge on any atom is -0.398 e. The minimum atomic E-state index is -0.256. The number of carbonyl (C=O) groups excluding carboxylic acids is 1. The molecule has 1 heterocycles. The van der Waals surface area contributed by atoms with Gasteiger partial charge in [-0.05, 0) is 24.1 Å². The van der Waals surface area contributed by atoms with Gasteiger partial charge >= 0.3 is 0 Å². The summed E-state index contributed by atoms with van der Waals surface area (Å²) in [5.41, 5.74) is 8.42. The van der Waals surface area contributed by atoms with E-state index in [2.05, 4.69) is 4.99 Å². The zero-order chi connectivity index (χ0) is 9.42. The standard InChI is InChI=1S/C10H10N2O/c1-6-2-3-8-7(9(6)11)4-5-12-10(8)13/h2-5,8H,11H2,1H3. The van der Waals surface area contributed by atoms with Crippen LogP contribution in [0.3, 0.4) is 0 Å². The predicted molar refractivity (Wildman–Crippen MR) is 51.1 cm³/mol. The monoisotopic (exact) mass is 174 g/mol. The average Bonchev–Trinajstić information content (AvgIpc) is 2.12. The summed E-state index contributed by atoms with van der Waals surface area (Å²) < 4.78 is 0. The van der Waals surface area contributed by atoms with Crippen LogP contribution in [-0.4, -0.2) is 12.1 Å². The van der Waals surface area contributed by atoms with Gasteiger partial charge in [-0.15, -0.1) is 0 Å². The van der Waals surface area contributed by atoms with E-state index in [0.29, 0.717) is 5.70 Å². The quantitative estimate of drug-likeness (QED) is 0.594. The zero-order valence-electron chi connectivity index (χ0n) is 7.32. The minimum absolute atomic E-state index is 0.135. The van der Waals surface area contributed by atoms with E-state index in [1.165, 1.54) is 6.21 Å². The molecule has 0 aromatic carbocycles. The van der Waals surface area contributed by atoms with Gasteiger partial charge in [-0.2, -0.15) is 0 Å². The van der Waals surface area contributed by atoms with Gasteiger partial charge in [-0.25, -0.2) is 4.99 Å². The second kappa shape index (κ2) is 2.69. The van der Waals surface area contributed by atoms with E-state index in [9.17, 15) is 4.79 Å². The van der Waals surface area contributed by atoms with Crippen molar-refractivity contribution < 1.29 is 4.79 Å². The maximum atomic E-state index is 11.3. The highest BCUT2D eigenvalue weighted by molar-refractivity contribution is 5.98. The lowest BCUT2D eigenvalue weighted by Crippen LogP contribution is -2.23. The molecular formula is C10H10N2O. The van der Waals surface area contributed by atoms with Crippen LogP contribution in [0.5, 0.6) is 0 Å². The summed E-state index contributed by atoms with van der Waals surface area (Å²) in [6.07, 6.45) is 7.02. The molecule has 2 N–H and O–H groups in total. The van der Waals surface area contributed by atoms with Gasteiger partial charge in [0.1, 0.15) is 0 Å². The van der Waals surface area contributed by atoms with Crippen molar-refractivity contribution in [3.05, 3.63) is 35.1 Å². The van der Waals surface area contributed by atoms with Crippen LogP contribution in [0.25, 0.3) is 0 Å². The number of nitrogens with two attached hydrogens (primary N) is 1. The Morgan fingerprint density at radius 2 is 2.31 bits per heavy atom. The highest BCUT2D eigenvalue weighted by Crippen LogP contribution is 2.28. The largest absolute Gasteiger partial charge is 0.398 e. The van der Waals surface area contributed by atoms with Crippen LogP contribution in [0, 0.1) is 5.92 Å². The van der Waals surface area contributed by atoms with Crippen LogP contribution in [0.15, 0.2) is 40.1 Å². The summed E-state index contributed by atoms with van der Waals surface area (Å²) in [4.78, 5) is 15.0. The van der Waals surface area contributed by atoms with E-state index in [1.807, 2.05) is 19.1 Å². The Balaban J connectivity index is 2.51. The first-order valence-electron chi connectivity index (χ1n) is 4.13. The molecule has 0 aromatic rings. The van der Waals surface area contributed by atoms with E-state index in [4.69, 9.17) is 5.73 Å². The van der Waals surface area contributed by atoms with E-state index in [1.54, 1.807) is 6.08 Å². The fourth-order valence-corrected chi connectivity index (χ4v) is 1.51. The molecule has 2 rings (SSSR count). The van der Waals surface area contributed by atoms with Crippen molar-refractivity contribution >= 4 is 12.1 Å². The fraction of sp³-hybridized carbons (Fsp3) is 0.200. The summed E-state index contributed by atoms with van der Waals surface area (Å²) in [7, 11) is 0. The Hall–Kier alpha value is -1.64. The predicted octanol–water partition coefficient (Wildman–Crippen LogP) is 0.943. The fourth-order valence-electron chi connectivity index (χ4n) is 1.51. The van der Waals surface area contributed by atoms with Gasteiger partial charge in [0.2, 0.25) is 0 Å². The summed E-state index contributed by atoms with van der Waals surface area (Å²) in [6, 6.07) is 0. The van der Waals surface area contributed by atoms with Gasteiger partial charge < -0.3 is 5.73 Å². The first-order valence-corrected chi connectivity index (χ1v) is 4.13. The Morgan fingerprint density at radius 3 is 3.08 bits per heavy atom. The van der Waals surface area contributed by atoms with Gasteiger partial charge in [0, 0.05) is 11.9 Å². The number of hydrogen-bond donors (Lipinski definition) is 1. The Morgan fingerprint density at radius 1 is 1.54 bits per heavy atom. The molecule has 66 valence electrons. The molecular weight excluding hydrogens is 164 g/mol. The molecule has 0 saturated heterocycles. The van der Waals surface area contributed by atoms with Crippen molar-refractivity contribution in [3.8, 4) is 0 Å². The van der Waals surface area contributed by atoms with Crippen LogP contribution < -0.4 is 5.73 Å². The third-order valence-corrected chi connectivity index (χ3v) is 2.33. The van der Waals surface area contributed by atoms with Gasteiger partial charge in [0.25, 0.3) is 5.91 Å². The molecule has 1 amide bonds. The van der Waals surface area contributed by atoms with Gasteiger partial charge in [-0.3, -0.25) is 4.79 Å². The number of dihydropyridines is 1. The van der Waals surface area contributed by atoms with Gasteiger partial charge in [0.15, 0.2) is 0 Å². The van der Waals surface area contributed by atoms with Crippen LogP contribution in [0.2, 0.25) is 0 Å². The first-order chi connectivity index (χ1) is 6.20. The molecule has 1 aliphatic carbocycles. The lowest BCUT2D eigenvalue weighted by molar-refractivity contribution is -0.119. The van der Waals surface area contributed by atoms with E-state index in [-0.39, 0.29) is 11.8 Å². The molecule has 1 unspecified atom stereocenters. The zero-order valence-corrected chi connectivity index (χ0v) is 7.32. The van der Waals surface area contributed by atoms with Crippen LogP contribution >= 0.6 is 0 Å². The molecule has 3 nitrogen and oxygen atoms in total. The summed E-state index contributed by atoms with van der Waals surface area (Å²) in [5, 5.41) is 0. The van der Waals surface area contributed by atoms with Crippen LogP contribution in [-0.2, 0) is 4.79 Å². The Bertz CT molecular complexity index is 386. The molecule has 1 aliphatic heterocycles.